The number of hydrogen-bond acceptors (Lipinski definition) is 1. The summed E-state index contributed by atoms with van der Waals surface area (Å²) in [5.41, 5.74) is 22.1. The highest BCUT2D eigenvalue weighted by Crippen LogP contribution is 2.63. The van der Waals surface area contributed by atoms with Gasteiger partial charge < -0.3 is 4.90 Å². The first kappa shape index (κ1) is 31.9. The van der Waals surface area contributed by atoms with E-state index in [9.17, 15) is 0 Å². The predicted octanol–water partition coefficient (Wildman–Crippen LogP) is 14.6. The van der Waals surface area contributed by atoms with Crippen molar-refractivity contribution in [3.8, 4) is 44.5 Å². The average molecular weight is 719 g/mol. The summed E-state index contributed by atoms with van der Waals surface area (Å²) in [5.74, 6) is -0.632. The quantitative estimate of drug-likeness (QED) is 0.171. The second kappa shape index (κ2) is 12.0. The molecule has 0 heterocycles. The Balaban J connectivity index is 1.12. The van der Waals surface area contributed by atoms with Crippen LogP contribution in [0.1, 0.15) is 73.9 Å². The summed E-state index contributed by atoms with van der Waals surface area (Å²) < 4.78 is 8.50. The first-order chi connectivity index (χ1) is 27.7. The maximum absolute atomic E-state index is 8.50. The number of hydrogen-bond donors (Lipinski definition) is 0. The van der Waals surface area contributed by atoms with Gasteiger partial charge in [0, 0.05) is 23.8 Å². The van der Waals surface area contributed by atoms with Crippen LogP contribution >= 0.6 is 0 Å². The van der Waals surface area contributed by atoms with E-state index in [2.05, 4.69) is 201 Å². The average Bonchev–Trinajstić information content (AvgIpc) is 3.79. The third-order valence-electron chi connectivity index (χ3n) is 13.0. The van der Waals surface area contributed by atoms with Gasteiger partial charge in [-0.1, -0.05) is 173 Å². The maximum atomic E-state index is 8.50. The monoisotopic (exact) mass is 718 g/mol. The molecule has 0 aliphatic heterocycles. The van der Waals surface area contributed by atoms with Gasteiger partial charge >= 0.3 is 0 Å². The summed E-state index contributed by atoms with van der Waals surface area (Å²) in [4.78, 5) is 2.46. The molecule has 0 radical (unpaired) electrons. The first-order valence-electron chi connectivity index (χ1n) is 20.3. The minimum atomic E-state index is -0.632. The lowest BCUT2D eigenvalue weighted by Crippen LogP contribution is -2.26. The molecule has 0 amide bonds. The molecule has 0 N–H and O–H groups in total. The van der Waals surface area contributed by atoms with Crippen molar-refractivity contribution in [3.63, 3.8) is 0 Å². The van der Waals surface area contributed by atoms with Gasteiger partial charge in [-0.25, -0.2) is 0 Å². The van der Waals surface area contributed by atoms with E-state index >= 15 is 0 Å². The van der Waals surface area contributed by atoms with Crippen molar-refractivity contribution in [1.29, 1.82) is 0 Å². The molecule has 0 unspecified atom stereocenters. The molecule has 8 aromatic carbocycles. The van der Waals surface area contributed by atoms with E-state index < -0.39 is 11.3 Å². The normalized spacial score (nSPS) is 15.0. The molecule has 0 fully saturated rings. The van der Waals surface area contributed by atoms with Crippen LogP contribution in [0.3, 0.4) is 0 Å². The van der Waals surface area contributed by atoms with Crippen molar-refractivity contribution in [2.75, 3.05) is 4.90 Å². The van der Waals surface area contributed by atoms with Gasteiger partial charge in [-0.05, 0) is 126 Å². The number of rotatable bonds is 5. The van der Waals surface area contributed by atoms with Gasteiger partial charge in [0.2, 0.25) is 0 Å². The standard InChI is InChI=1S/C55H43N/c1-35(2)36-21-23-37(24-22-36)38-25-27-39(28-26-38)56(40-29-31-46-42-13-5-9-17-48(42)54(3,4)52(46)33-40)41-30-32-47-45-16-8-12-20-51(45)55(53(47)34-41)49-18-10-6-14-43(49)44-15-7-11-19-50(44)55/h5-35H,1-4H3/i35D. The van der Waals surface area contributed by atoms with E-state index in [1.165, 1.54) is 66.8 Å². The summed E-state index contributed by atoms with van der Waals surface area (Å²) >= 11 is 0. The third kappa shape index (κ3) is 4.49. The fraction of sp³-hybridized carbons (Fsp3) is 0.127. The summed E-state index contributed by atoms with van der Waals surface area (Å²) in [6, 6.07) is 67.7. The van der Waals surface area contributed by atoms with Crippen LogP contribution in [-0.4, -0.2) is 0 Å². The van der Waals surface area contributed by atoms with Crippen LogP contribution in [0, 0.1) is 0 Å². The SMILES string of the molecule is [2H]C(C)(C)c1ccc(-c2ccc(N(c3ccc4c(c3)C(C)(C)c3ccccc3-4)c3ccc4c(c3)C3(c5ccccc5-c5ccccc53)c3ccccc3-4)cc2)cc1. The molecular formula is C55H43N. The van der Waals surface area contributed by atoms with Crippen molar-refractivity contribution in [1.82, 2.24) is 0 Å². The second-order valence-corrected chi connectivity index (χ2v) is 16.5. The van der Waals surface area contributed by atoms with E-state index in [-0.39, 0.29) is 5.41 Å². The largest absolute Gasteiger partial charge is 0.310 e. The van der Waals surface area contributed by atoms with Crippen LogP contribution < -0.4 is 4.90 Å². The molecule has 0 saturated carbocycles. The molecule has 11 rings (SSSR count). The highest BCUT2D eigenvalue weighted by atomic mass is 15.1. The topological polar surface area (TPSA) is 3.24 Å². The smallest absolute Gasteiger partial charge is 0.0726 e. The fourth-order valence-electron chi connectivity index (χ4n) is 10.3. The summed E-state index contributed by atoms with van der Waals surface area (Å²) in [6.45, 7) is 8.60. The Hall–Kier alpha value is -6.44. The summed E-state index contributed by atoms with van der Waals surface area (Å²) in [7, 11) is 0. The molecule has 0 bridgehead atoms. The molecular weight excluding hydrogens is 675 g/mol. The van der Waals surface area contributed by atoms with Crippen molar-refractivity contribution in [3.05, 3.63) is 221 Å². The highest BCUT2D eigenvalue weighted by molar-refractivity contribution is 5.96. The molecule has 0 atom stereocenters. The lowest BCUT2D eigenvalue weighted by molar-refractivity contribution is 0.660. The Kier molecular flexibility index (Phi) is 6.84. The zero-order valence-corrected chi connectivity index (χ0v) is 32.3. The summed E-state index contributed by atoms with van der Waals surface area (Å²) in [6.07, 6.45) is 0. The van der Waals surface area contributed by atoms with Gasteiger partial charge in [0.05, 0.1) is 5.41 Å². The molecule has 0 aromatic heterocycles. The Morgan fingerprint density at radius 1 is 0.393 bits per heavy atom. The van der Waals surface area contributed by atoms with Gasteiger partial charge in [0.15, 0.2) is 0 Å². The van der Waals surface area contributed by atoms with E-state index in [0.29, 0.717) is 0 Å². The van der Waals surface area contributed by atoms with Gasteiger partial charge in [-0.15, -0.1) is 0 Å². The molecule has 1 heteroatoms. The number of benzene rings is 8. The molecule has 3 aliphatic rings. The third-order valence-corrected chi connectivity index (χ3v) is 13.0. The van der Waals surface area contributed by atoms with Crippen LogP contribution in [0.4, 0.5) is 17.1 Å². The van der Waals surface area contributed by atoms with Crippen LogP contribution in [0.15, 0.2) is 182 Å². The molecule has 3 aliphatic carbocycles. The van der Waals surface area contributed by atoms with Crippen LogP contribution in [0.25, 0.3) is 44.5 Å². The summed E-state index contributed by atoms with van der Waals surface area (Å²) in [5, 5.41) is 0. The molecule has 56 heavy (non-hydrogen) atoms. The van der Waals surface area contributed by atoms with Gasteiger partial charge in [0.1, 0.15) is 0 Å². The second-order valence-electron chi connectivity index (χ2n) is 16.5. The van der Waals surface area contributed by atoms with Crippen molar-refractivity contribution < 1.29 is 1.37 Å². The van der Waals surface area contributed by atoms with E-state index in [1.54, 1.807) is 0 Å². The molecule has 8 aromatic rings. The van der Waals surface area contributed by atoms with Gasteiger partial charge in [0.25, 0.3) is 0 Å². The Morgan fingerprint density at radius 3 is 1.27 bits per heavy atom. The lowest BCUT2D eigenvalue weighted by atomic mass is 9.70. The Labute approximate surface area is 332 Å². The van der Waals surface area contributed by atoms with Crippen LogP contribution in [0.2, 0.25) is 0 Å². The number of nitrogens with zero attached hydrogens (tertiary/aromatic N) is 1. The van der Waals surface area contributed by atoms with E-state index in [0.717, 1.165) is 33.8 Å². The minimum Gasteiger partial charge on any atom is -0.310 e. The Bertz CT molecular complexity index is 2840. The van der Waals surface area contributed by atoms with E-state index in [1.807, 2.05) is 13.8 Å². The highest BCUT2D eigenvalue weighted by Gasteiger charge is 2.51. The first-order valence-corrected chi connectivity index (χ1v) is 19.8. The van der Waals surface area contributed by atoms with Gasteiger partial charge in [-0.3, -0.25) is 0 Å². The fourth-order valence-corrected chi connectivity index (χ4v) is 10.3. The maximum Gasteiger partial charge on any atom is 0.0726 e. The number of fused-ring (bicyclic) bond motifs is 13. The Morgan fingerprint density at radius 2 is 0.768 bits per heavy atom. The molecule has 0 saturated heterocycles. The van der Waals surface area contributed by atoms with E-state index in [4.69, 9.17) is 1.37 Å². The predicted molar refractivity (Wildman–Crippen MR) is 235 cm³/mol. The van der Waals surface area contributed by atoms with Crippen LogP contribution in [-0.2, 0) is 10.8 Å². The molecule has 1 spiro atoms. The molecule has 1 nitrogen and oxygen atoms in total. The zero-order valence-electron chi connectivity index (χ0n) is 33.3. The number of anilines is 3. The molecule has 268 valence electrons. The van der Waals surface area contributed by atoms with Crippen molar-refractivity contribution in [2.24, 2.45) is 0 Å². The zero-order chi connectivity index (χ0) is 38.7. The van der Waals surface area contributed by atoms with Crippen molar-refractivity contribution in [2.45, 2.75) is 44.4 Å². The van der Waals surface area contributed by atoms with Crippen LogP contribution in [0.5, 0.6) is 0 Å². The lowest BCUT2D eigenvalue weighted by Gasteiger charge is -2.32. The minimum absolute atomic E-state index is 0.127. The van der Waals surface area contributed by atoms with Crippen molar-refractivity contribution >= 4 is 17.1 Å². The van der Waals surface area contributed by atoms with Gasteiger partial charge in [-0.2, -0.15) is 0 Å².